The number of carbonyl (C=O) groups is 1. The maximum absolute atomic E-state index is 13.3. The van der Waals surface area contributed by atoms with Crippen LogP contribution in [0.25, 0.3) is 0 Å². The average molecular weight is 507 g/mol. The number of nitrogens with zero attached hydrogens (tertiary/aromatic N) is 4. The Morgan fingerprint density at radius 1 is 1.09 bits per heavy atom. The molecule has 0 saturated carbocycles. The van der Waals surface area contributed by atoms with Crippen molar-refractivity contribution < 1.29 is 21.6 Å². The Morgan fingerprint density at radius 2 is 1.79 bits per heavy atom. The van der Waals surface area contributed by atoms with Crippen LogP contribution in [-0.4, -0.2) is 77.4 Å². The Bertz CT molecular complexity index is 1320. The summed E-state index contributed by atoms with van der Waals surface area (Å²) in [6.45, 7) is 6.45. The van der Waals surface area contributed by atoms with Gasteiger partial charge in [-0.05, 0) is 49.1 Å². The molecule has 0 N–H and O–H groups in total. The Labute approximate surface area is 201 Å². The summed E-state index contributed by atoms with van der Waals surface area (Å²) >= 11 is 0. The Morgan fingerprint density at radius 3 is 2.35 bits per heavy atom. The van der Waals surface area contributed by atoms with Crippen LogP contribution in [0.1, 0.15) is 34.8 Å². The number of pyridine rings is 1. The van der Waals surface area contributed by atoms with E-state index in [-0.39, 0.29) is 27.8 Å². The minimum Gasteiger partial charge on any atom is -0.353 e. The van der Waals surface area contributed by atoms with Gasteiger partial charge in [0.05, 0.1) is 21.9 Å². The lowest BCUT2D eigenvalue weighted by molar-refractivity contribution is 0.0742. The van der Waals surface area contributed by atoms with Crippen LogP contribution in [0.4, 0.5) is 11.5 Å². The SMILES string of the molecule is CCc1cnc(N2CCN(C(=O)c3ccc(N4CCCS4(=O)=O)cc3S(C)(=O)=O)CC2)c(C)c1. The van der Waals surface area contributed by atoms with Crippen LogP contribution < -0.4 is 9.21 Å². The highest BCUT2D eigenvalue weighted by Gasteiger charge is 2.32. The normalized spacial score (nSPS) is 18.4. The molecular formula is C23H30N4O5S2. The van der Waals surface area contributed by atoms with E-state index in [9.17, 15) is 21.6 Å². The molecule has 0 spiro atoms. The van der Waals surface area contributed by atoms with Crippen molar-refractivity contribution in [2.75, 3.05) is 53.9 Å². The molecule has 0 radical (unpaired) electrons. The monoisotopic (exact) mass is 506 g/mol. The first-order valence-corrected chi connectivity index (χ1v) is 14.9. The van der Waals surface area contributed by atoms with E-state index in [2.05, 4.69) is 22.9 Å². The van der Waals surface area contributed by atoms with Crippen molar-refractivity contribution in [3.63, 3.8) is 0 Å². The van der Waals surface area contributed by atoms with Crippen molar-refractivity contribution in [1.29, 1.82) is 0 Å². The van der Waals surface area contributed by atoms with E-state index in [1.165, 1.54) is 28.1 Å². The zero-order chi connectivity index (χ0) is 24.7. The van der Waals surface area contributed by atoms with E-state index in [1.807, 2.05) is 13.1 Å². The van der Waals surface area contributed by atoms with Crippen molar-refractivity contribution in [2.24, 2.45) is 0 Å². The van der Waals surface area contributed by atoms with E-state index >= 15 is 0 Å². The Kier molecular flexibility index (Phi) is 6.61. The first kappa shape index (κ1) is 24.5. The second-order valence-corrected chi connectivity index (χ2v) is 12.8. The van der Waals surface area contributed by atoms with Crippen LogP contribution in [0.2, 0.25) is 0 Å². The van der Waals surface area contributed by atoms with Crippen LogP contribution in [0, 0.1) is 6.92 Å². The number of piperazine rings is 1. The number of aryl methyl sites for hydroxylation is 2. The predicted octanol–water partition coefficient (Wildman–Crippen LogP) is 1.86. The van der Waals surface area contributed by atoms with Crippen LogP contribution in [0.15, 0.2) is 35.4 Å². The van der Waals surface area contributed by atoms with Gasteiger partial charge in [0.15, 0.2) is 9.84 Å². The topological polar surface area (TPSA) is 108 Å². The van der Waals surface area contributed by atoms with Gasteiger partial charge in [-0.1, -0.05) is 13.0 Å². The molecule has 11 heteroatoms. The van der Waals surface area contributed by atoms with E-state index in [4.69, 9.17) is 0 Å². The number of amides is 1. The number of hydrogen-bond donors (Lipinski definition) is 0. The average Bonchev–Trinajstić information content (AvgIpc) is 3.16. The summed E-state index contributed by atoms with van der Waals surface area (Å²) < 4.78 is 50.9. The Hall–Kier alpha value is -2.66. The number of carbonyl (C=O) groups excluding carboxylic acids is 1. The largest absolute Gasteiger partial charge is 0.353 e. The van der Waals surface area contributed by atoms with E-state index in [0.29, 0.717) is 39.1 Å². The third-order valence-electron chi connectivity index (χ3n) is 6.36. The van der Waals surface area contributed by atoms with Crippen molar-refractivity contribution in [3.05, 3.63) is 47.2 Å². The molecule has 184 valence electrons. The lowest BCUT2D eigenvalue weighted by Gasteiger charge is -2.36. The maximum atomic E-state index is 13.3. The fraction of sp³-hybridized carbons (Fsp3) is 0.478. The molecule has 2 aliphatic heterocycles. The van der Waals surface area contributed by atoms with Crippen molar-refractivity contribution >= 4 is 37.3 Å². The predicted molar refractivity (Wildman–Crippen MR) is 132 cm³/mol. The highest BCUT2D eigenvalue weighted by molar-refractivity contribution is 7.93. The summed E-state index contributed by atoms with van der Waals surface area (Å²) in [5.41, 5.74) is 2.61. The second kappa shape index (κ2) is 9.18. The Balaban J connectivity index is 1.55. The summed E-state index contributed by atoms with van der Waals surface area (Å²) in [5, 5.41) is 0. The molecule has 1 amide bonds. The maximum Gasteiger partial charge on any atom is 0.255 e. The van der Waals surface area contributed by atoms with Crippen molar-refractivity contribution in [1.82, 2.24) is 9.88 Å². The van der Waals surface area contributed by atoms with Gasteiger partial charge in [0.2, 0.25) is 10.0 Å². The van der Waals surface area contributed by atoms with Crippen LogP contribution in [0.3, 0.4) is 0 Å². The third kappa shape index (κ3) is 4.76. The van der Waals surface area contributed by atoms with Crippen LogP contribution in [0.5, 0.6) is 0 Å². The number of rotatable bonds is 5. The highest BCUT2D eigenvalue weighted by Crippen LogP contribution is 2.29. The number of anilines is 2. The molecule has 2 aliphatic rings. The summed E-state index contributed by atoms with van der Waals surface area (Å²) in [6.07, 6.45) is 4.31. The van der Waals surface area contributed by atoms with Gasteiger partial charge in [-0.2, -0.15) is 0 Å². The first-order valence-electron chi connectivity index (χ1n) is 11.4. The molecule has 2 saturated heterocycles. The number of benzene rings is 1. The lowest BCUT2D eigenvalue weighted by Crippen LogP contribution is -2.49. The van der Waals surface area contributed by atoms with E-state index in [1.54, 1.807) is 4.90 Å². The number of hydrogen-bond acceptors (Lipinski definition) is 7. The van der Waals surface area contributed by atoms with Gasteiger partial charge in [-0.25, -0.2) is 21.8 Å². The number of sulfone groups is 1. The van der Waals surface area contributed by atoms with Gasteiger partial charge in [0, 0.05) is 45.2 Å². The van der Waals surface area contributed by atoms with Crippen molar-refractivity contribution in [2.45, 2.75) is 31.6 Å². The molecule has 9 nitrogen and oxygen atoms in total. The van der Waals surface area contributed by atoms with Gasteiger partial charge >= 0.3 is 0 Å². The number of aromatic nitrogens is 1. The molecule has 0 atom stereocenters. The van der Waals surface area contributed by atoms with Gasteiger partial charge in [-0.15, -0.1) is 0 Å². The highest BCUT2D eigenvalue weighted by atomic mass is 32.2. The molecule has 1 aromatic carbocycles. The molecule has 2 fully saturated rings. The quantitative estimate of drug-likeness (QED) is 0.609. The molecular weight excluding hydrogens is 476 g/mol. The molecule has 1 aromatic heterocycles. The van der Waals surface area contributed by atoms with Gasteiger partial charge in [-0.3, -0.25) is 9.10 Å². The molecule has 2 aromatic rings. The summed E-state index contributed by atoms with van der Waals surface area (Å²) in [6, 6.07) is 6.39. The molecule has 34 heavy (non-hydrogen) atoms. The lowest BCUT2D eigenvalue weighted by atomic mass is 10.1. The first-order chi connectivity index (χ1) is 16.0. The summed E-state index contributed by atoms with van der Waals surface area (Å²) in [4.78, 5) is 21.5. The molecule has 0 aliphatic carbocycles. The standard InChI is InChI=1S/C23H30N4O5S2/c1-4-18-14-17(2)22(24-16-18)25-9-11-26(12-10-25)23(28)20-7-6-19(15-21(20)33(3,29)30)27-8-5-13-34(27,31)32/h6-7,14-16H,4-5,8-13H2,1-3H3. The van der Waals surface area contributed by atoms with Gasteiger partial charge in [0.25, 0.3) is 5.91 Å². The minimum atomic E-state index is -3.76. The third-order valence-corrected chi connectivity index (χ3v) is 9.37. The molecule has 0 bridgehead atoms. The van der Waals surface area contributed by atoms with Gasteiger partial charge in [0.1, 0.15) is 5.82 Å². The molecule has 3 heterocycles. The fourth-order valence-corrected chi connectivity index (χ4v) is 6.97. The second-order valence-electron chi connectivity index (χ2n) is 8.81. The van der Waals surface area contributed by atoms with Crippen LogP contribution >= 0.6 is 0 Å². The fourth-order valence-electron chi connectivity index (χ4n) is 4.52. The van der Waals surface area contributed by atoms with Crippen LogP contribution in [-0.2, 0) is 26.3 Å². The molecule has 0 unspecified atom stereocenters. The van der Waals surface area contributed by atoms with Gasteiger partial charge < -0.3 is 9.80 Å². The summed E-state index contributed by atoms with van der Waals surface area (Å²) in [5.74, 6) is 0.556. The zero-order valence-corrected chi connectivity index (χ0v) is 21.3. The number of sulfonamides is 1. The minimum absolute atomic E-state index is 0.0294. The van der Waals surface area contributed by atoms with Crippen molar-refractivity contribution in [3.8, 4) is 0 Å². The summed E-state index contributed by atoms with van der Waals surface area (Å²) in [7, 11) is -7.23. The van der Waals surface area contributed by atoms with E-state index < -0.39 is 19.9 Å². The zero-order valence-electron chi connectivity index (χ0n) is 19.7. The van der Waals surface area contributed by atoms with E-state index in [0.717, 1.165) is 24.1 Å². The smallest absolute Gasteiger partial charge is 0.255 e. The molecule has 4 rings (SSSR count).